The molecule has 0 saturated carbocycles. The van der Waals surface area contributed by atoms with Crippen molar-refractivity contribution in [2.45, 2.75) is 43.7 Å². The van der Waals surface area contributed by atoms with Crippen LogP contribution in [-0.2, 0) is 21.2 Å². The maximum absolute atomic E-state index is 13.0. The molecule has 1 saturated heterocycles. The van der Waals surface area contributed by atoms with Crippen molar-refractivity contribution in [2.75, 3.05) is 25.4 Å². The third-order valence-electron chi connectivity index (χ3n) is 7.04. The molecule has 0 unspecified atom stereocenters. The van der Waals surface area contributed by atoms with Crippen LogP contribution in [0.25, 0.3) is 10.8 Å². The molecule has 10 heteroatoms. The van der Waals surface area contributed by atoms with Crippen molar-refractivity contribution in [3.63, 3.8) is 0 Å². The molecule has 8 nitrogen and oxygen atoms in total. The Hall–Kier alpha value is -2.91. The highest BCUT2D eigenvalue weighted by atomic mass is 35.5. The molecular formula is C25H27ClN4O4S. The SMILES string of the molecule is Cc1ncn2c1C(=O)N(C1CCN(C(=O)CCS(=O)(=O)c3ccc4cc(Cl)ccc4c3)CC1)CC2. The molecule has 0 N–H and O–H groups in total. The monoisotopic (exact) mass is 514 g/mol. The molecule has 0 atom stereocenters. The first kappa shape index (κ1) is 23.8. The molecule has 0 radical (unpaired) electrons. The number of benzene rings is 2. The van der Waals surface area contributed by atoms with Gasteiger partial charge in [-0.1, -0.05) is 23.7 Å². The molecule has 2 aromatic carbocycles. The van der Waals surface area contributed by atoms with E-state index in [4.69, 9.17) is 11.6 Å². The number of aryl methyl sites for hydroxylation is 1. The fourth-order valence-corrected chi connectivity index (χ4v) is 6.49. The summed E-state index contributed by atoms with van der Waals surface area (Å²) in [6.07, 6.45) is 3.02. The lowest BCUT2D eigenvalue weighted by atomic mass is 10.0. The summed E-state index contributed by atoms with van der Waals surface area (Å²) in [7, 11) is -3.60. The average Bonchev–Trinajstić information content (AvgIpc) is 3.24. The van der Waals surface area contributed by atoms with Gasteiger partial charge in [-0.15, -0.1) is 0 Å². The Labute approximate surface area is 209 Å². The Kier molecular flexibility index (Phi) is 6.31. The lowest BCUT2D eigenvalue weighted by molar-refractivity contribution is -0.132. The summed E-state index contributed by atoms with van der Waals surface area (Å²) >= 11 is 6.01. The number of piperidine rings is 1. The van der Waals surface area contributed by atoms with Gasteiger partial charge in [0.1, 0.15) is 5.69 Å². The van der Waals surface area contributed by atoms with Crippen molar-refractivity contribution in [3.8, 4) is 0 Å². The van der Waals surface area contributed by atoms with Gasteiger partial charge in [0, 0.05) is 43.7 Å². The van der Waals surface area contributed by atoms with Crippen LogP contribution in [0.3, 0.4) is 0 Å². The number of imidazole rings is 1. The molecule has 0 bridgehead atoms. The minimum Gasteiger partial charge on any atom is -0.343 e. The van der Waals surface area contributed by atoms with Crippen molar-refractivity contribution >= 4 is 44.0 Å². The van der Waals surface area contributed by atoms with E-state index < -0.39 is 9.84 Å². The molecule has 1 fully saturated rings. The minimum atomic E-state index is -3.60. The van der Waals surface area contributed by atoms with E-state index in [2.05, 4.69) is 4.98 Å². The summed E-state index contributed by atoms with van der Waals surface area (Å²) in [6.45, 7) is 4.23. The number of likely N-dealkylation sites (tertiary alicyclic amines) is 1. The number of nitrogens with zero attached hydrogens (tertiary/aromatic N) is 4. The summed E-state index contributed by atoms with van der Waals surface area (Å²) in [5.41, 5.74) is 1.39. The van der Waals surface area contributed by atoms with Gasteiger partial charge >= 0.3 is 0 Å². The van der Waals surface area contributed by atoms with Crippen molar-refractivity contribution in [2.24, 2.45) is 0 Å². The van der Waals surface area contributed by atoms with Crippen molar-refractivity contribution in [1.82, 2.24) is 19.4 Å². The van der Waals surface area contributed by atoms with Crippen LogP contribution in [0.4, 0.5) is 0 Å². The Bertz CT molecular complexity index is 1410. The number of halogens is 1. The van der Waals surface area contributed by atoms with Crippen molar-refractivity contribution < 1.29 is 18.0 Å². The molecule has 3 aromatic rings. The smallest absolute Gasteiger partial charge is 0.272 e. The first-order valence-corrected chi connectivity index (χ1v) is 13.8. The molecule has 5 rings (SSSR count). The molecule has 1 aromatic heterocycles. The number of hydrogen-bond donors (Lipinski definition) is 0. The Morgan fingerprint density at radius 3 is 2.54 bits per heavy atom. The summed E-state index contributed by atoms with van der Waals surface area (Å²) in [4.78, 5) is 33.9. The lowest BCUT2D eigenvalue weighted by Crippen LogP contribution is -2.51. The van der Waals surface area contributed by atoms with Crippen LogP contribution >= 0.6 is 11.6 Å². The van der Waals surface area contributed by atoms with Gasteiger partial charge in [-0.25, -0.2) is 13.4 Å². The van der Waals surface area contributed by atoms with E-state index in [1.807, 2.05) is 16.4 Å². The third-order valence-corrected chi connectivity index (χ3v) is 8.99. The number of fused-ring (bicyclic) bond motifs is 2. The summed E-state index contributed by atoms with van der Waals surface area (Å²) < 4.78 is 27.7. The van der Waals surface area contributed by atoms with E-state index >= 15 is 0 Å². The van der Waals surface area contributed by atoms with E-state index in [-0.39, 0.29) is 34.9 Å². The highest BCUT2D eigenvalue weighted by Gasteiger charge is 2.34. The van der Waals surface area contributed by atoms with Gasteiger partial charge in [-0.2, -0.15) is 0 Å². The van der Waals surface area contributed by atoms with Crippen LogP contribution < -0.4 is 0 Å². The largest absolute Gasteiger partial charge is 0.343 e. The van der Waals surface area contributed by atoms with Gasteiger partial charge in [0.15, 0.2) is 9.84 Å². The molecular weight excluding hydrogens is 488 g/mol. The van der Waals surface area contributed by atoms with Gasteiger partial charge < -0.3 is 14.4 Å². The highest BCUT2D eigenvalue weighted by molar-refractivity contribution is 7.91. The average molecular weight is 515 g/mol. The molecule has 35 heavy (non-hydrogen) atoms. The van der Waals surface area contributed by atoms with E-state index in [0.717, 1.165) is 23.0 Å². The van der Waals surface area contributed by atoms with Gasteiger partial charge in [0.2, 0.25) is 5.91 Å². The summed E-state index contributed by atoms with van der Waals surface area (Å²) in [5.74, 6) is -0.406. The van der Waals surface area contributed by atoms with E-state index in [1.165, 1.54) is 0 Å². The quantitative estimate of drug-likeness (QED) is 0.521. The second kappa shape index (κ2) is 9.28. The topological polar surface area (TPSA) is 92.6 Å². The predicted molar refractivity (Wildman–Crippen MR) is 133 cm³/mol. The summed E-state index contributed by atoms with van der Waals surface area (Å²) in [5, 5.41) is 2.24. The first-order chi connectivity index (χ1) is 16.7. The molecule has 2 amide bonds. The third kappa shape index (κ3) is 4.67. The van der Waals surface area contributed by atoms with Gasteiger partial charge in [0.25, 0.3) is 5.91 Å². The van der Waals surface area contributed by atoms with E-state index in [0.29, 0.717) is 43.2 Å². The first-order valence-electron chi connectivity index (χ1n) is 11.8. The molecule has 3 heterocycles. The minimum absolute atomic E-state index is 0.000207. The van der Waals surface area contributed by atoms with Crippen molar-refractivity contribution in [1.29, 1.82) is 0 Å². The number of aromatic nitrogens is 2. The van der Waals surface area contributed by atoms with Crippen LogP contribution in [0.2, 0.25) is 5.02 Å². The Morgan fingerprint density at radius 2 is 1.77 bits per heavy atom. The molecule has 0 aliphatic carbocycles. The maximum atomic E-state index is 13.0. The molecule has 184 valence electrons. The number of hydrogen-bond acceptors (Lipinski definition) is 5. The number of carbonyl (C=O) groups is 2. The number of rotatable bonds is 5. The standard InChI is InChI=1S/C25H27ClN4O4S/c1-17-24-25(32)30(12-11-29(24)16-27-17)21-6-9-28(10-7-21)23(31)8-13-35(33,34)22-5-3-18-14-20(26)4-2-19(18)15-22/h2-5,14-16,21H,6-13H2,1H3. The Morgan fingerprint density at radius 1 is 1.06 bits per heavy atom. The fraction of sp³-hybridized carbons (Fsp3) is 0.400. The Balaban J connectivity index is 1.17. The predicted octanol–water partition coefficient (Wildman–Crippen LogP) is 3.31. The van der Waals surface area contributed by atoms with Crippen LogP contribution in [0.5, 0.6) is 0 Å². The molecule has 2 aliphatic rings. The number of carbonyl (C=O) groups excluding carboxylic acids is 2. The van der Waals surface area contributed by atoms with Gasteiger partial charge in [-0.05, 0) is 54.8 Å². The maximum Gasteiger partial charge on any atom is 0.272 e. The van der Waals surface area contributed by atoms with E-state index in [1.54, 1.807) is 47.6 Å². The number of amides is 2. The lowest BCUT2D eigenvalue weighted by Gasteiger charge is -2.40. The second-order valence-corrected chi connectivity index (χ2v) is 11.8. The summed E-state index contributed by atoms with van der Waals surface area (Å²) in [6, 6.07) is 10.3. The van der Waals surface area contributed by atoms with Gasteiger partial charge in [0.05, 0.1) is 22.7 Å². The van der Waals surface area contributed by atoms with Gasteiger partial charge in [-0.3, -0.25) is 9.59 Å². The highest BCUT2D eigenvalue weighted by Crippen LogP contribution is 2.25. The van der Waals surface area contributed by atoms with Crippen LogP contribution in [0.1, 0.15) is 35.4 Å². The van der Waals surface area contributed by atoms with Crippen LogP contribution in [0, 0.1) is 6.92 Å². The van der Waals surface area contributed by atoms with Crippen molar-refractivity contribution in [3.05, 3.63) is 59.1 Å². The zero-order valence-electron chi connectivity index (χ0n) is 19.5. The van der Waals surface area contributed by atoms with Crippen LogP contribution in [-0.4, -0.2) is 71.0 Å². The number of sulfone groups is 1. The fourth-order valence-electron chi connectivity index (χ4n) is 5.04. The van der Waals surface area contributed by atoms with E-state index in [9.17, 15) is 18.0 Å². The molecule has 2 aliphatic heterocycles. The normalized spacial score (nSPS) is 17.1. The molecule has 0 spiro atoms. The zero-order chi connectivity index (χ0) is 24.7. The second-order valence-electron chi connectivity index (χ2n) is 9.20. The zero-order valence-corrected chi connectivity index (χ0v) is 21.1. The van der Waals surface area contributed by atoms with Crippen LogP contribution in [0.15, 0.2) is 47.6 Å².